The van der Waals surface area contributed by atoms with E-state index in [4.69, 9.17) is 5.11 Å². The smallest absolute Gasteiger partial charge is 0.338 e. The van der Waals surface area contributed by atoms with Crippen molar-refractivity contribution in [2.24, 2.45) is 0 Å². The lowest BCUT2D eigenvalue weighted by Crippen LogP contribution is -2.02. The van der Waals surface area contributed by atoms with Gasteiger partial charge in [-0.15, -0.1) is 0 Å². The predicted molar refractivity (Wildman–Crippen MR) is 50.7 cm³/mol. The summed E-state index contributed by atoms with van der Waals surface area (Å²) in [5.74, 6) is -1.92. The average molecular weight is 247 g/mol. The van der Waals surface area contributed by atoms with E-state index in [0.717, 1.165) is 11.1 Å². The van der Waals surface area contributed by atoms with Crippen LogP contribution in [0.5, 0.6) is 0 Å². The molecular formula is C9H8BrFO2. The van der Waals surface area contributed by atoms with Gasteiger partial charge in [-0.3, -0.25) is 0 Å². The molecule has 2 nitrogen and oxygen atoms in total. The van der Waals surface area contributed by atoms with Gasteiger partial charge in [0.1, 0.15) is 5.82 Å². The lowest BCUT2D eigenvalue weighted by Gasteiger charge is -2.04. The first-order valence-corrected chi connectivity index (χ1v) is 4.76. The van der Waals surface area contributed by atoms with E-state index in [1.54, 1.807) is 6.92 Å². The Morgan fingerprint density at radius 2 is 2.23 bits per heavy atom. The fraction of sp³-hybridized carbons (Fsp3) is 0.222. The van der Waals surface area contributed by atoms with Crippen molar-refractivity contribution in [3.8, 4) is 0 Å². The zero-order chi connectivity index (χ0) is 10.0. The highest BCUT2D eigenvalue weighted by Gasteiger charge is 2.12. The van der Waals surface area contributed by atoms with E-state index in [1.165, 1.54) is 12.1 Å². The second-order valence-corrected chi connectivity index (χ2v) is 3.26. The number of hydrogen-bond donors (Lipinski definition) is 1. The number of aryl methyl sites for hydroxylation is 1. The molecule has 0 saturated carbocycles. The number of carboxylic acids is 1. The number of aromatic carboxylic acids is 1. The minimum atomic E-state index is -1.23. The first kappa shape index (κ1) is 10.2. The van der Waals surface area contributed by atoms with E-state index in [1.807, 2.05) is 0 Å². The number of hydrogen-bond acceptors (Lipinski definition) is 1. The Morgan fingerprint density at radius 3 is 2.69 bits per heavy atom. The fourth-order valence-corrected chi connectivity index (χ4v) is 1.63. The van der Waals surface area contributed by atoms with Crippen LogP contribution in [-0.2, 0) is 5.33 Å². The van der Waals surface area contributed by atoms with Crippen LogP contribution in [0.3, 0.4) is 0 Å². The van der Waals surface area contributed by atoms with Crippen molar-refractivity contribution < 1.29 is 14.3 Å². The summed E-state index contributed by atoms with van der Waals surface area (Å²) in [4.78, 5) is 10.5. The number of carbonyl (C=O) groups is 1. The van der Waals surface area contributed by atoms with Gasteiger partial charge in [0.25, 0.3) is 0 Å². The molecular weight excluding hydrogens is 239 g/mol. The lowest BCUT2D eigenvalue weighted by atomic mass is 10.1. The molecule has 13 heavy (non-hydrogen) atoms. The highest BCUT2D eigenvalue weighted by molar-refractivity contribution is 9.08. The van der Waals surface area contributed by atoms with Crippen LogP contribution in [0.2, 0.25) is 0 Å². The first-order valence-electron chi connectivity index (χ1n) is 3.64. The Labute approximate surface area is 83.5 Å². The molecule has 0 aliphatic rings. The van der Waals surface area contributed by atoms with Crippen LogP contribution in [0.25, 0.3) is 0 Å². The minimum absolute atomic E-state index is 0.276. The van der Waals surface area contributed by atoms with Gasteiger partial charge in [0.05, 0.1) is 5.56 Å². The predicted octanol–water partition coefficient (Wildman–Crippen LogP) is 2.73. The highest BCUT2D eigenvalue weighted by atomic mass is 79.9. The van der Waals surface area contributed by atoms with Gasteiger partial charge in [-0.05, 0) is 30.2 Å². The molecule has 0 unspecified atom stereocenters. The summed E-state index contributed by atoms with van der Waals surface area (Å²) in [5, 5.41) is 9.13. The van der Waals surface area contributed by atoms with E-state index in [2.05, 4.69) is 15.9 Å². The molecule has 0 aromatic heterocycles. The summed E-state index contributed by atoms with van der Waals surface area (Å²) in [5.41, 5.74) is 1.26. The largest absolute Gasteiger partial charge is 0.478 e. The van der Waals surface area contributed by atoms with Gasteiger partial charge in [0.15, 0.2) is 0 Å². The quantitative estimate of drug-likeness (QED) is 0.816. The molecule has 0 amide bonds. The Bertz CT molecular complexity index is 350. The van der Waals surface area contributed by atoms with Crippen molar-refractivity contribution >= 4 is 21.9 Å². The van der Waals surface area contributed by atoms with Gasteiger partial charge in [-0.2, -0.15) is 0 Å². The van der Waals surface area contributed by atoms with Gasteiger partial charge in [-0.25, -0.2) is 9.18 Å². The Kier molecular flexibility index (Phi) is 3.03. The normalized spacial score (nSPS) is 10.1. The monoisotopic (exact) mass is 246 g/mol. The van der Waals surface area contributed by atoms with E-state index in [0.29, 0.717) is 5.33 Å². The Morgan fingerprint density at radius 1 is 1.62 bits per heavy atom. The minimum Gasteiger partial charge on any atom is -0.478 e. The molecule has 0 heterocycles. The number of halogens is 2. The Balaban J connectivity index is 3.28. The van der Waals surface area contributed by atoms with E-state index < -0.39 is 11.8 Å². The van der Waals surface area contributed by atoms with Crippen LogP contribution in [0, 0.1) is 12.7 Å². The molecule has 0 spiro atoms. The molecule has 70 valence electrons. The van der Waals surface area contributed by atoms with Gasteiger partial charge in [-0.1, -0.05) is 15.9 Å². The fourth-order valence-electron chi connectivity index (χ4n) is 1.03. The average Bonchev–Trinajstić information content (AvgIpc) is 2.07. The summed E-state index contributed by atoms with van der Waals surface area (Å²) in [6, 6.07) is 2.59. The number of carboxylic acid groups (broad SMARTS) is 1. The third kappa shape index (κ3) is 2.06. The summed E-state index contributed by atoms with van der Waals surface area (Å²) < 4.78 is 13.1. The highest BCUT2D eigenvalue weighted by Crippen LogP contribution is 2.17. The number of rotatable bonds is 2. The van der Waals surface area contributed by atoms with Crippen LogP contribution in [-0.4, -0.2) is 11.1 Å². The maximum absolute atomic E-state index is 13.1. The van der Waals surface area contributed by atoms with Crippen molar-refractivity contribution in [1.29, 1.82) is 0 Å². The number of alkyl halides is 1. The maximum Gasteiger partial charge on any atom is 0.338 e. The molecule has 0 fully saturated rings. The van der Waals surface area contributed by atoms with Crippen molar-refractivity contribution in [2.45, 2.75) is 12.3 Å². The molecule has 0 bridgehead atoms. The molecule has 1 N–H and O–H groups in total. The second-order valence-electron chi connectivity index (χ2n) is 2.70. The van der Waals surface area contributed by atoms with Crippen molar-refractivity contribution in [3.63, 3.8) is 0 Å². The van der Waals surface area contributed by atoms with E-state index in [-0.39, 0.29) is 5.56 Å². The van der Waals surface area contributed by atoms with Crippen LogP contribution < -0.4 is 0 Å². The second kappa shape index (κ2) is 3.87. The van der Waals surface area contributed by atoms with Crippen LogP contribution in [0.4, 0.5) is 4.39 Å². The van der Waals surface area contributed by atoms with Crippen molar-refractivity contribution in [1.82, 2.24) is 0 Å². The van der Waals surface area contributed by atoms with Crippen LogP contribution in [0.1, 0.15) is 21.5 Å². The molecule has 4 heteroatoms. The van der Waals surface area contributed by atoms with Gasteiger partial charge >= 0.3 is 5.97 Å². The van der Waals surface area contributed by atoms with E-state index in [9.17, 15) is 9.18 Å². The summed E-state index contributed by atoms with van der Waals surface area (Å²) in [6.45, 7) is 1.75. The SMILES string of the molecule is Cc1cc(C(=O)O)c(F)cc1CBr. The number of benzene rings is 1. The van der Waals surface area contributed by atoms with Gasteiger partial charge in [0, 0.05) is 5.33 Å². The van der Waals surface area contributed by atoms with Gasteiger partial charge < -0.3 is 5.11 Å². The first-order chi connectivity index (χ1) is 6.06. The van der Waals surface area contributed by atoms with Crippen LogP contribution >= 0.6 is 15.9 Å². The standard InChI is InChI=1S/C9H8BrFO2/c1-5-2-7(9(12)13)8(11)3-6(5)4-10/h2-3H,4H2,1H3,(H,12,13). The molecule has 1 rings (SSSR count). The molecule has 1 aromatic carbocycles. The van der Waals surface area contributed by atoms with Crippen LogP contribution in [0.15, 0.2) is 12.1 Å². The molecule has 0 aliphatic heterocycles. The lowest BCUT2D eigenvalue weighted by molar-refractivity contribution is 0.0692. The third-order valence-corrected chi connectivity index (χ3v) is 2.40. The molecule has 0 aliphatic carbocycles. The summed E-state index contributed by atoms with van der Waals surface area (Å²) in [7, 11) is 0. The molecule has 0 radical (unpaired) electrons. The molecule has 0 saturated heterocycles. The molecule has 0 atom stereocenters. The third-order valence-electron chi connectivity index (χ3n) is 1.80. The van der Waals surface area contributed by atoms with Gasteiger partial charge in [0.2, 0.25) is 0 Å². The van der Waals surface area contributed by atoms with Crippen molar-refractivity contribution in [2.75, 3.05) is 0 Å². The van der Waals surface area contributed by atoms with E-state index >= 15 is 0 Å². The van der Waals surface area contributed by atoms with Crippen molar-refractivity contribution in [3.05, 3.63) is 34.6 Å². The Hall–Kier alpha value is -0.900. The summed E-state index contributed by atoms with van der Waals surface area (Å²) in [6.07, 6.45) is 0. The zero-order valence-corrected chi connectivity index (χ0v) is 8.56. The zero-order valence-electron chi connectivity index (χ0n) is 6.97. The molecule has 1 aromatic rings. The summed E-state index contributed by atoms with van der Waals surface area (Å²) >= 11 is 3.19. The topological polar surface area (TPSA) is 37.3 Å². The maximum atomic E-state index is 13.1.